The van der Waals surface area contributed by atoms with Gasteiger partial charge in [0.25, 0.3) is 5.92 Å². The number of hydrogen-bond donors (Lipinski definition) is 0. The van der Waals surface area contributed by atoms with Crippen molar-refractivity contribution in [3.8, 4) is 0 Å². The van der Waals surface area contributed by atoms with Crippen molar-refractivity contribution in [1.82, 2.24) is 0 Å². The van der Waals surface area contributed by atoms with Crippen molar-refractivity contribution in [3.63, 3.8) is 0 Å². The van der Waals surface area contributed by atoms with Crippen LogP contribution in [0, 0.1) is 6.92 Å². The SMILES string of the molecule is Cc1ccc(/C=C/C(c2cc(Cl)c(Cl)c(Cl)c2)C(F)(F)F)cc1C(C)(F)F. The largest absolute Gasteiger partial charge is 0.399 e. The summed E-state index contributed by atoms with van der Waals surface area (Å²) in [6.07, 6.45) is -2.62. The average molecular weight is 444 g/mol. The van der Waals surface area contributed by atoms with Gasteiger partial charge in [0, 0.05) is 12.5 Å². The first-order valence-electron chi connectivity index (χ1n) is 7.69. The zero-order chi connectivity index (χ0) is 20.6. The van der Waals surface area contributed by atoms with E-state index in [0.29, 0.717) is 5.56 Å². The Bertz CT molecular complexity index is 844. The molecule has 0 bridgehead atoms. The Balaban J connectivity index is 2.47. The fraction of sp³-hybridized carbons (Fsp3) is 0.263. The van der Waals surface area contributed by atoms with Crippen LogP contribution in [0.3, 0.4) is 0 Å². The number of allylic oxidation sites excluding steroid dienone is 1. The third kappa shape index (κ3) is 5.37. The summed E-state index contributed by atoms with van der Waals surface area (Å²) in [6, 6.07) is 6.24. The molecule has 1 atom stereocenters. The van der Waals surface area contributed by atoms with Gasteiger partial charge >= 0.3 is 6.18 Å². The molecule has 0 N–H and O–H groups in total. The van der Waals surface area contributed by atoms with Crippen LogP contribution in [0.25, 0.3) is 6.08 Å². The third-order valence-electron chi connectivity index (χ3n) is 3.93. The first kappa shape index (κ1) is 22.0. The number of benzene rings is 2. The van der Waals surface area contributed by atoms with E-state index in [9.17, 15) is 22.0 Å². The highest BCUT2D eigenvalue weighted by atomic mass is 35.5. The van der Waals surface area contributed by atoms with Crippen LogP contribution in [-0.4, -0.2) is 6.18 Å². The van der Waals surface area contributed by atoms with Gasteiger partial charge < -0.3 is 0 Å². The number of halogens is 8. The van der Waals surface area contributed by atoms with E-state index in [0.717, 1.165) is 31.2 Å². The van der Waals surface area contributed by atoms with Gasteiger partial charge in [0.1, 0.15) is 0 Å². The lowest BCUT2D eigenvalue weighted by molar-refractivity contribution is -0.139. The van der Waals surface area contributed by atoms with E-state index in [1.807, 2.05) is 0 Å². The quantitative estimate of drug-likeness (QED) is 0.328. The molecule has 0 amide bonds. The monoisotopic (exact) mass is 442 g/mol. The molecule has 0 saturated heterocycles. The summed E-state index contributed by atoms with van der Waals surface area (Å²) in [5, 5.41) is -0.254. The van der Waals surface area contributed by atoms with Gasteiger partial charge in [-0.3, -0.25) is 0 Å². The Labute approximate surface area is 168 Å². The lowest BCUT2D eigenvalue weighted by Gasteiger charge is -2.19. The molecule has 0 radical (unpaired) electrons. The van der Waals surface area contributed by atoms with Crippen molar-refractivity contribution in [2.75, 3.05) is 0 Å². The van der Waals surface area contributed by atoms with Gasteiger partial charge in [0.05, 0.1) is 21.0 Å². The molecule has 27 heavy (non-hydrogen) atoms. The van der Waals surface area contributed by atoms with Crippen molar-refractivity contribution in [2.24, 2.45) is 0 Å². The van der Waals surface area contributed by atoms with E-state index in [-0.39, 0.29) is 31.8 Å². The van der Waals surface area contributed by atoms with Gasteiger partial charge in [-0.05, 0) is 41.8 Å². The maximum absolute atomic E-state index is 13.6. The summed E-state index contributed by atoms with van der Waals surface area (Å²) in [4.78, 5) is 0. The minimum atomic E-state index is -4.64. The lowest BCUT2D eigenvalue weighted by atomic mass is 9.95. The molecule has 2 aromatic rings. The van der Waals surface area contributed by atoms with Crippen molar-refractivity contribution in [1.29, 1.82) is 0 Å². The first-order valence-corrected chi connectivity index (χ1v) is 8.82. The zero-order valence-corrected chi connectivity index (χ0v) is 16.4. The maximum Gasteiger partial charge on any atom is 0.399 e. The smallest absolute Gasteiger partial charge is 0.202 e. The van der Waals surface area contributed by atoms with E-state index >= 15 is 0 Å². The molecular weight excluding hydrogens is 430 g/mol. The summed E-state index contributed by atoms with van der Waals surface area (Å²) in [6.45, 7) is 2.25. The molecule has 0 aliphatic carbocycles. The molecular formula is C19H14Cl3F5. The minimum absolute atomic E-state index is 0.0414. The molecule has 0 aliphatic heterocycles. The molecule has 146 valence electrons. The fourth-order valence-corrected chi connectivity index (χ4v) is 3.20. The summed E-state index contributed by atoms with van der Waals surface area (Å²) >= 11 is 17.4. The Morgan fingerprint density at radius 1 is 0.926 bits per heavy atom. The molecule has 2 rings (SSSR count). The molecule has 0 spiro atoms. The van der Waals surface area contributed by atoms with Crippen LogP contribution in [0.2, 0.25) is 15.1 Å². The molecule has 0 nitrogen and oxygen atoms in total. The van der Waals surface area contributed by atoms with Gasteiger partial charge in [-0.25, -0.2) is 8.78 Å². The zero-order valence-electron chi connectivity index (χ0n) is 14.1. The van der Waals surface area contributed by atoms with Gasteiger partial charge in [0.2, 0.25) is 0 Å². The van der Waals surface area contributed by atoms with Crippen molar-refractivity contribution in [3.05, 3.63) is 73.7 Å². The average Bonchev–Trinajstić information content (AvgIpc) is 2.51. The van der Waals surface area contributed by atoms with Crippen molar-refractivity contribution >= 4 is 40.9 Å². The van der Waals surface area contributed by atoms with E-state index in [4.69, 9.17) is 34.8 Å². The Morgan fingerprint density at radius 3 is 1.96 bits per heavy atom. The third-order valence-corrected chi connectivity index (χ3v) is 5.13. The Kier molecular flexibility index (Phi) is 6.50. The molecule has 0 saturated carbocycles. The lowest BCUT2D eigenvalue weighted by Crippen LogP contribution is -2.19. The highest BCUT2D eigenvalue weighted by Gasteiger charge is 2.39. The van der Waals surface area contributed by atoms with Crippen LogP contribution >= 0.6 is 34.8 Å². The highest BCUT2D eigenvalue weighted by molar-refractivity contribution is 6.48. The number of aryl methyl sites for hydroxylation is 1. The second kappa shape index (κ2) is 7.98. The Hall–Kier alpha value is -1.30. The van der Waals surface area contributed by atoms with Crippen LogP contribution in [0.1, 0.15) is 35.1 Å². The molecule has 0 fully saturated rings. The first-order chi connectivity index (χ1) is 12.3. The van der Waals surface area contributed by atoms with Crippen LogP contribution in [0.15, 0.2) is 36.4 Å². The fourth-order valence-electron chi connectivity index (χ4n) is 2.59. The normalized spacial score (nSPS) is 14.0. The topological polar surface area (TPSA) is 0 Å². The molecule has 0 heterocycles. The van der Waals surface area contributed by atoms with Gasteiger partial charge in [0.15, 0.2) is 0 Å². The summed E-state index contributed by atoms with van der Waals surface area (Å²) in [5.74, 6) is -5.13. The van der Waals surface area contributed by atoms with Crippen LogP contribution in [0.4, 0.5) is 22.0 Å². The number of alkyl halides is 5. The standard InChI is InChI=1S/C19H14Cl3F5/c1-10-3-4-11(7-14(10)18(2,23)24)5-6-13(19(25,26)27)12-8-15(20)17(22)16(21)9-12/h3-9,13H,1-2H3/b6-5+. The summed E-state index contributed by atoms with van der Waals surface area (Å²) in [7, 11) is 0. The van der Waals surface area contributed by atoms with E-state index in [1.54, 1.807) is 0 Å². The van der Waals surface area contributed by atoms with Crippen molar-refractivity contribution < 1.29 is 22.0 Å². The highest BCUT2D eigenvalue weighted by Crippen LogP contribution is 2.41. The minimum Gasteiger partial charge on any atom is -0.202 e. The van der Waals surface area contributed by atoms with E-state index < -0.39 is 18.0 Å². The predicted molar refractivity (Wildman–Crippen MR) is 100 cm³/mol. The predicted octanol–water partition coefficient (Wildman–Crippen LogP) is 8.43. The van der Waals surface area contributed by atoms with Crippen LogP contribution in [0.5, 0.6) is 0 Å². The molecule has 8 heteroatoms. The van der Waals surface area contributed by atoms with Gasteiger partial charge in [-0.1, -0.05) is 59.1 Å². The number of rotatable bonds is 4. The molecule has 1 unspecified atom stereocenters. The summed E-state index contributed by atoms with van der Waals surface area (Å²) in [5.41, 5.74) is 0.123. The molecule has 2 aromatic carbocycles. The van der Waals surface area contributed by atoms with E-state index in [1.165, 1.54) is 25.1 Å². The van der Waals surface area contributed by atoms with E-state index in [2.05, 4.69) is 0 Å². The molecule has 0 aliphatic rings. The maximum atomic E-state index is 13.6. The van der Waals surface area contributed by atoms with Gasteiger partial charge in [-0.2, -0.15) is 13.2 Å². The number of hydrogen-bond acceptors (Lipinski definition) is 0. The second-order valence-electron chi connectivity index (χ2n) is 6.14. The summed E-state index contributed by atoms with van der Waals surface area (Å²) < 4.78 is 67.8. The van der Waals surface area contributed by atoms with Crippen LogP contribution < -0.4 is 0 Å². The van der Waals surface area contributed by atoms with Crippen molar-refractivity contribution in [2.45, 2.75) is 31.9 Å². The van der Waals surface area contributed by atoms with Gasteiger partial charge in [-0.15, -0.1) is 0 Å². The molecule has 0 aromatic heterocycles. The Morgan fingerprint density at radius 2 is 1.48 bits per heavy atom. The van der Waals surface area contributed by atoms with Crippen LogP contribution in [-0.2, 0) is 5.92 Å². The second-order valence-corrected chi connectivity index (χ2v) is 7.33.